The van der Waals surface area contributed by atoms with Crippen molar-refractivity contribution in [3.63, 3.8) is 0 Å². The molecule has 1 nitrogen and oxygen atoms in total. The van der Waals surface area contributed by atoms with Crippen molar-refractivity contribution in [1.82, 2.24) is 0 Å². The molecule has 1 N–H and O–H groups in total. The van der Waals surface area contributed by atoms with Gasteiger partial charge in [-0.2, -0.15) is 0 Å². The third-order valence-corrected chi connectivity index (χ3v) is 3.69. The Bertz CT molecular complexity index is 370. The maximum Gasteiger partial charge on any atom is 0.123 e. The number of benzene rings is 1. The third-order valence-electron chi connectivity index (χ3n) is 3.36. The van der Waals surface area contributed by atoms with Gasteiger partial charge >= 0.3 is 0 Å². The molecule has 0 aromatic heterocycles. The van der Waals surface area contributed by atoms with Crippen LogP contribution in [-0.4, -0.2) is 5.11 Å². The lowest BCUT2D eigenvalue weighted by Gasteiger charge is -2.28. The van der Waals surface area contributed by atoms with Crippen LogP contribution in [-0.2, 0) is 5.60 Å². The van der Waals surface area contributed by atoms with Crippen LogP contribution in [0, 0.1) is 5.82 Å². The fourth-order valence-electron chi connectivity index (χ4n) is 2.44. The van der Waals surface area contributed by atoms with Crippen molar-refractivity contribution in [2.24, 2.45) is 0 Å². The smallest absolute Gasteiger partial charge is 0.123 e. The summed E-state index contributed by atoms with van der Waals surface area (Å²) in [6, 6.07) is 4.22. The minimum atomic E-state index is -0.935. The van der Waals surface area contributed by atoms with Crippen molar-refractivity contribution in [3.05, 3.63) is 34.6 Å². The molecule has 0 atom stereocenters. The molecule has 0 saturated heterocycles. The summed E-state index contributed by atoms with van der Waals surface area (Å²) in [4.78, 5) is 0. The molecule has 1 aromatic carbocycles. The van der Waals surface area contributed by atoms with Crippen LogP contribution >= 0.6 is 11.6 Å². The first-order chi connectivity index (χ1) is 7.62. The van der Waals surface area contributed by atoms with Crippen LogP contribution < -0.4 is 0 Å². The van der Waals surface area contributed by atoms with Gasteiger partial charge < -0.3 is 5.11 Å². The predicted octanol–water partition coefficient (Wildman–Crippen LogP) is 4.02. The topological polar surface area (TPSA) is 20.2 Å². The number of hydrogen-bond donors (Lipinski definition) is 1. The first-order valence-electron chi connectivity index (χ1n) is 5.80. The summed E-state index contributed by atoms with van der Waals surface area (Å²) >= 11 is 6.05. The summed E-state index contributed by atoms with van der Waals surface area (Å²) in [5.41, 5.74) is -0.383. The minimum Gasteiger partial charge on any atom is -0.385 e. The second kappa shape index (κ2) is 4.72. The summed E-state index contributed by atoms with van der Waals surface area (Å²) in [5, 5.41) is 11.0. The van der Waals surface area contributed by atoms with Gasteiger partial charge in [-0.15, -0.1) is 0 Å². The SMILES string of the molecule is OC1(c2cc(F)ccc2Cl)CCCCCC1. The van der Waals surface area contributed by atoms with Crippen molar-refractivity contribution in [3.8, 4) is 0 Å². The van der Waals surface area contributed by atoms with Crippen molar-refractivity contribution < 1.29 is 9.50 Å². The summed E-state index contributed by atoms with van der Waals surface area (Å²) in [6.07, 6.45) is 5.57. The molecule has 0 amide bonds. The van der Waals surface area contributed by atoms with Gasteiger partial charge in [-0.25, -0.2) is 4.39 Å². The van der Waals surface area contributed by atoms with Gasteiger partial charge in [-0.3, -0.25) is 0 Å². The van der Waals surface area contributed by atoms with E-state index in [1.165, 1.54) is 18.2 Å². The van der Waals surface area contributed by atoms with E-state index in [1.807, 2.05) is 0 Å². The van der Waals surface area contributed by atoms with Gasteiger partial charge in [0.25, 0.3) is 0 Å². The number of rotatable bonds is 1. The quantitative estimate of drug-likeness (QED) is 0.738. The number of hydrogen-bond acceptors (Lipinski definition) is 1. The molecular formula is C13H16ClFO. The molecule has 0 unspecified atom stereocenters. The van der Waals surface area contributed by atoms with E-state index in [-0.39, 0.29) is 5.82 Å². The Kier molecular flexibility index (Phi) is 3.50. The molecule has 1 saturated carbocycles. The molecule has 1 aliphatic rings. The lowest BCUT2D eigenvalue weighted by molar-refractivity contribution is 0.0205. The lowest BCUT2D eigenvalue weighted by atomic mass is 9.86. The van der Waals surface area contributed by atoms with Gasteiger partial charge in [0.1, 0.15) is 5.82 Å². The van der Waals surface area contributed by atoms with E-state index in [2.05, 4.69) is 0 Å². The average Bonchev–Trinajstić information content (AvgIpc) is 2.48. The van der Waals surface area contributed by atoms with Crippen LogP contribution in [0.4, 0.5) is 4.39 Å². The first-order valence-corrected chi connectivity index (χ1v) is 6.17. The Morgan fingerprint density at radius 2 is 1.75 bits per heavy atom. The zero-order valence-corrected chi connectivity index (χ0v) is 9.93. The fraction of sp³-hybridized carbons (Fsp3) is 0.538. The van der Waals surface area contributed by atoms with E-state index in [9.17, 15) is 9.50 Å². The summed E-state index contributed by atoms with van der Waals surface area (Å²) in [6.45, 7) is 0. The highest BCUT2D eigenvalue weighted by Gasteiger charge is 2.32. The third kappa shape index (κ3) is 2.38. The molecule has 1 fully saturated rings. The zero-order chi connectivity index (χ0) is 11.6. The van der Waals surface area contributed by atoms with Crippen molar-refractivity contribution in [2.75, 3.05) is 0 Å². The first kappa shape index (κ1) is 11.9. The second-order valence-electron chi connectivity index (χ2n) is 4.57. The van der Waals surface area contributed by atoms with Gasteiger partial charge in [0.2, 0.25) is 0 Å². The Labute approximate surface area is 100 Å². The predicted molar refractivity (Wildman–Crippen MR) is 63.0 cm³/mol. The van der Waals surface area contributed by atoms with Crippen molar-refractivity contribution in [1.29, 1.82) is 0 Å². The number of aliphatic hydroxyl groups is 1. The van der Waals surface area contributed by atoms with Gasteiger partial charge in [0.05, 0.1) is 5.60 Å². The number of halogens is 2. The molecule has 0 spiro atoms. The zero-order valence-electron chi connectivity index (χ0n) is 9.18. The lowest BCUT2D eigenvalue weighted by Crippen LogP contribution is -2.25. The van der Waals surface area contributed by atoms with E-state index in [1.54, 1.807) is 0 Å². The normalized spacial score (nSPS) is 20.4. The highest BCUT2D eigenvalue weighted by Crippen LogP contribution is 2.39. The minimum absolute atomic E-state index is 0.336. The van der Waals surface area contributed by atoms with Crippen LogP contribution in [0.3, 0.4) is 0 Å². The molecule has 2 rings (SSSR count). The van der Waals surface area contributed by atoms with E-state index < -0.39 is 5.60 Å². The molecule has 0 radical (unpaired) electrons. The molecule has 1 aliphatic carbocycles. The molecule has 0 heterocycles. The van der Waals surface area contributed by atoms with E-state index >= 15 is 0 Å². The van der Waals surface area contributed by atoms with Crippen LogP contribution in [0.5, 0.6) is 0 Å². The molecule has 1 aromatic rings. The highest BCUT2D eigenvalue weighted by molar-refractivity contribution is 6.31. The largest absolute Gasteiger partial charge is 0.385 e. The Hall–Kier alpha value is -0.600. The van der Waals surface area contributed by atoms with E-state index in [0.717, 1.165) is 25.7 Å². The maximum atomic E-state index is 13.2. The van der Waals surface area contributed by atoms with Gasteiger partial charge in [-0.05, 0) is 31.0 Å². The summed E-state index contributed by atoms with van der Waals surface area (Å²) < 4.78 is 13.2. The van der Waals surface area contributed by atoms with Crippen LogP contribution in [0.25, 0.3) is 0 Å². The molecule has 0 aliphatic heterocycles. The van der Waals surface area contributed by atoms with Gasteiger partial charge in [-0.1, -0.05) is 37.3 Å². The van der Waals surface area contributed by atoms with E-state index in [4.69, 9.17) is 11.6 Å². The molecule has 88 valence electrons. The summed E-state index contributed by atoms with van der Waals surface area (Å²) in [5.74, 6) is -0.336. The van der Waals surface area contributed by atoms with Crippen LogP contribution in [0.2, 0.25) is 5.02 Å². The van der Waals surface area contributed by atoms with Crippen LogP contribution in [0.1, 0.15) is 44.1 Å². The fourth-order valence-corrected chi connectivity index (χ4v) is 2.73. The average molecular weight is 243 g/mol. The van der Waals surface area contributed by atoms with Crippen LogP contribution in [0.15, 0.2) is 18.2 Å². The molecule has 0 bridgehead atoms. The molecular weight excluding hydrogens is 227 g/mol. The monoisotopic (exact) mass is 242 g/mol. The molecule has 3 heteroatoms. The Morgan fingerprint density at radius 3 is 2.38 bits per heavy atom. The highest BCUT2D eigenvalue weighted by atomic mass is 35.5. The Balaban J connectivity index is 2.36. The van der Waals surface area contributed by atoms with E-state index in [0.29, 0.717) is 23.4 Å². The van der Waals surface area contributed by atoms with Crippen molar-refractivity contribution in [2.45, 2.75) is 44.1 Å². The van der Waals surface area contributed by atoms with Crippen molar-refractivity contribution >= 4 is 11.6 Å². The van der Waals surface area contributed by atoms with Gasteiger partial charge in [0, 0.05) is 10.6 Å². The molecule has 16 heavy (non-hydrogen) atoms. The second-order valence-corrected chi connectivity index (χ2v) is 4.98. The summed E-state index contributed by atoms with van der Waals surface area (Å²) in [7, 11) is 0. The van der Waals surface area contributed by atoms with Gasteiger partial charge in [0.15, 0.2) is 0 Å². The maximum absolute atomic E-state index is 13.2. The Morgan fingerprint density at radius 1 is 1.12 bits per heavy atom. The standard InChI is InChI=1S/C13H16ClFO/c14-12-6-5-10(15)9-11(12)13(16)7-3-1-2-4-8-13/h5-6,9,16H,1-4,7-8H2.